The van der Waals surface area contributed by atoms with Crippen LogP contribution in [0, 0.1) is 0 Å². The zero-order chi connectivity index (χ0) is 22.6. The van der Waals surface area contributed by atoms with Gasteiger partial charge in [-0.05, 0) is 54.2 Å². The first kappa shape index (κ1) is 22.5. The molecule has 0 bridgehead atoms. The summed E-state index contributed by atoms with van der Waals surface area (Å²) < 4.78 is 33.1. The van der Waals surface area contributed by atoms with Gasteiger partial charge in [0, 0.05) is 0 Å². The van der Waals surface area contributed by atoms with Gasteiger partial charge in [0.1, 0.15) is 11.4 Å². The van der Waals surface area contributed by atoms with Gasteiger partial charge in [-0.1, -0.05) is 80.4 Å². The molecule has 0 aliphatic heterocycles. The monoisotopic (exact) mass is 450 g/mol. The lowest BCUT2D eigenvalue weighted by molar-refractivity contribution is -0.152. The highest BCUT2D eigenvalue weighted by Gasteiger charge is 2.40. The van der Waals surface area contributed by atoms with Gasteiger partial charge in [0.2, 0.25) is 0 Å². The molecule has 32 heavy (non-hydrogen) atoms. The summed E-state index contributed by atoms with van der Waals surface area (Å²) in [6, 6.07) is 22.6. The first-order chi connectivity index (χ1) is 15.5. The quantitative estimate of drug-likeness (QED) is 0.411. The van der Waals surface area contributed by atoms with Crippen LogP contribution in [-0.2, 0) is 19.4 Å². The second-order valence-electron chi connectivity index (χ2n) is 8.60. The zero-order valence-electron chi connectivity index (χ0n) is 18.4. The third kappa shape index (κ3) is 4.73. The van der Waals surface area contributed by atoms with Crippen LogP contribution in [0.2, 0.25) is 0 Å². The number of esters is 1. The highest BCUT2D eigenvalue weighted by Crippen LogP contribution is 2.34. The number of sulfone groups is 1. The molecule has 0 N–H and O–H groups in total. The Labute approximate surface area is 190 Å². The number of benzene rings is 3. The minimum atomic E-state index is -3.63. The predicted molar refractivity (Wildman–Crippen MR) is 127 cm³/mol. The molecule has 3 atom stereocenters. The first-order valence-electron chi connectivity index (χ1n) is 11.5. The molecule has 3 aromatic rings. The highest BCUT2D eigenvalue weighted by molar-refractivity contribution is 7.92. The van der Waals surface area contributed by atoms with Crippen molar-refractivity contribution in [1.82, 2.24) is 0 Å². The van der Waals surface area contributed by atoms with Gasteiger partial charge in [0.05, 0.1) is 10.8 Å². The van der Waals surface area contributed by atoms with E-state index in [1.807, 2.05) is 67.6 Å². The fourth-order valence-corrected chi connectivity index (χ4v) is 6.66. The van der Waals surface area contributed by atoms with Crippen LogP contribution in [0.15, 0.2) is 77.7 Å². The third-order valence-electron chi connectivity index (χ3n) is 6.42. The fourth-order valence-electron chi connectivity index (χ4n) is 4.70. The van der Waals surface area contributed by atoms with Crippen LogP contribution in [0.25, 0.3) is 10.8 Å². The molecule has 1 aliphatic carbocycles. The van der Waals surface area contributed by atoms with Gasteiger partial charge in [0.15, 0.2) is 9.84 Å². The van der Waals surface area contributed by atoms with Gasteiger partial charge in [0.25, 0.3) is 0 Å². The molecule has 5 heteroatoms. The van der Waals surface area contributed by atoms with Crippen LogP contribution < -0.4 is 0 Å². The van der Waals surface area contributed by atoms with Crippen molar-refractivity contribution in [3.63, 3.8) is 0 Å². The van der Waals surface area contributed by atoms with Crippen molar-refractivity contribution in [3.8, 4) is 0 Å². The topological polar surface area (TPSA) is 60.4 Å². The summed E-state index contributed by atoms with van der Waals surface area (Å²) in [7, 11) is -3.63. The maximum absolute atomic E-state index is 13.6. The fraction of sp³-hybridized carbons (Fsp3) is 0.370. The Morgan fingerprint density at radius 1 is 0.938 bits per heavy atom. The van der Waals surface area contributed by atoms with Crippen LogP contribution in [0.5, 0.6) is 0 Å². The molecule has 1 fully saturated rings. The van der Waals surface area contributed by atoms with Gasteiger partial charge in [-0.2, -0.15) is 0 Å². The SMILES string of the molecule is CCC[C@@H](C(=O)O[C@@H]1CCCC[C@H]1S(=O)(=O)c1ccc2ccccc2c1)c1ccccc1. The van der Waals surface area contributed by atoms with Gasteiger partial charge in [-0.25, -0.2) is 8.42 Å². The average molecular weight is 451 g/mol. The van der Waals surface area contributed by atoms with Crippen LogP contribution in [0.3, 0.4) is 0 Å². The van der Waals surface area contributed by atoms with Gasteiger partial charge in [-0.15, -0.1) is 0 Å². The molecule has 0 radical (unpaired) electrons. The summed E-state index contributed by atoms with van der Waals surface area (Å²) in [5.74, 6) is -0.684. The largest absolute Gasteiger partial charge is 0.461 e. The third-order valence-corrected chi connectivity index (χ3v) is 8.67. The molecule has 0 unspecified atom stereocenters. The van der Waals surface area contributed by atoms with Crippen LogP contribution in [0.4, 0.5) is 0 Å². The maximum atomic E-state index is 13.6. The lowest BCUT2D eigenvalue weighted by Crippen LogP contribution is -2.41. The molecule has 0 spiro atoms. The van der Waals surface area contributed by atoms with Crippen molar-refractivity contribution >= 4 is 26.6 Å². The number of hydrogen-bond acceptors (Lipinski definition) is 4. The lowest BCUT2D eigenvalue weighted by atomic mass is 9.93. The molecule has 4 rings (SSSR count). The smallest absolute Gasteiger partial charge is 0.313 e. The van der Waals surface area contributed by atoms with Crippen LogP contribution in [-0.4, -0.2) is 25.7 Å². The molecular formula is C27H30O4S. The van der Waals surface area contributed by atoms with E-state index >= 15 is 0 Å². The number of rotatable bonds is 7. The van der Waals surface area contributed by atoms with E-state index in [2.05, 4.69) is 0 Å². The Bertz CT molecular complexity index is 1170. The lowest BCUT2D eigenvalue weighted by Gasteiger charge is -2.32. The molecule has 0 amide bonds. The molecule has 0 aromatic heterocycles. The highest BCUT2D eigenvalue weighted by atomic mass is 32.2. The first-order valence-corrected chi connectivity index (χ1v) is 13.0. The van der Waals surface area contributed by atoms with E-state index in [1.165, 1.54) is 0 Å². The Morgan fingerprint density at radius 2 is 1.62 bits per heavy atom. The van der Waals surface area contributed by atoms with E-state index in [1.54, 1.807) is 12.1 Å². The summed E-state index contributed by atoms with van der Waals surface area (Å²) in [6.45, 7) is 2.04. The summed E-state index contributed by atoms with van der Waals surface area (Å²) in [5, 5.41) is 1.19. The zero-order valence-corrected chi connectivity index (χ0v) is 19.3. The maximum Gasteiger partial charge on any atom is 0.313 e. The minimum absolute atomic E-state index is 0.303. The van der Waals surface area contributed by atoms with Gasteiger partial charge < -0.3 is 4.74 Å². The van der Waals surface area contributed by atoms with Crippen molar-refractivity contribution < 1.29 is 17.9 Å². The van der Waals surface area contributed by atoms with Gasteiger partial charge >= 0.3 is 5.97 Å². The Kier molecular flexibility index (Phi) is 6.95. The Morgan fingerprint density at radius 3 is 2.38 bits per heavy atom. The molecule has 1 aliphatic rings. The number of ether oxygens (including phenoxy) is 1. The number of carbonyl (C=O) groups is 1. The molecule has 168 valence electrons. The molecule has 3 aromatic carbocycles. The van der Waals surface area contributed by atoms with Crippen LogP contribution >= 0.6 is 0 Å². The molecular weight excluding hydrogens is 420 g/mol. The van der Waals surface area contributed by atoms with E-state index in [0.29, 0.717) is 24.2 Å². The normalized spacial score (nSPS) is 20.0. The summed E-state index contributed by atoms with van der Waals surface area (Å²) in [4.78, 5) is 13.5. The van der Waals surface area contributed by atoms with E-state index in [-0.39, 0.29) is 11.9 Å². The minimum Gasteiger partial charge on any atom is -0.461 e. The summed E-state index contributed by atoms with van der Waals surface area (Å²) in [6.07, 6.45) is 3.69. The van der Waals surface area contributed by atoms with E-state index < -0.39 is 21.2 Å². The Hall–Kier alpha value is -2.66. The average Bonchev–Trinajstić information content (AvgIpc) is 2.83. The number of hydrogen-bond donors (Lipinski definition) is 0. The van der Waals surface area contributed by atoms with Crippen molar-refractivity contribution in [3.05, 3.63) is 78.4 Å². The summed E-state index contributed by atoms with van der Waals surface area (Å²) in [5.41, 5.74) is 0.920. The van der Waals surface area contributed by atoms with E-state index in [0.717, 1.165) is 35.6 Å². The number of fused-ring (bicyclic) bond motifs is 1. The van der Waals surface area contributed by atoms with Crippen molar-refractivity contribution in [1.29, 1.82) is 0 Å². The standard InChI is InChI=1S/C27H30O4S/c1-2-10-24(21-12-4-3-5-13-21)27(28)31-25-15-8-9-16-26(25)32(29,30)23-18-17-20-11-6-7-14-22(20)19-23/h3-7,11-14,17-19,24-26H,2,8-10,15-16H2,1H3/t24-,25-,26-/m1/s1. The van der Waals surface area contributed by atoms with E-state index in [9.17, 15) is 13.2 Å². The Balaban J connectivity index is 1.59. The van der Waals surface area contributed by atoms with Gasteiger partial charge in [-0.3, -0.25) is 4.79 Å². The number of carbonyl (C=O) groups excluding carboxylic acids is 1. The second kappa shape index (κ2) is 9.86. The molecule has 0 heterocycles. The predicted octanol–water partition coefficient (Wildman–Crippen LogP) is 6.05. The van der Waals surface area contributed by atoms with E-state index in [4.69, 9.17) is 4.74 Å². The van der Waals surface area contributed by atoms with Crippen molar-refractivity contribution in [2.24, 2.45) is 0 Å². The molecule has 1 saturated carbocycles. The van der Waals surface area contributed by atoms with Crippen molar-refractivity contribution in [2.45, 2.75) is 67.6 Å². The summed E-state index contributed by atoms with van der Waals surface area (Å²) >= 11 is 0. The second-order valence-corrected chi connectivity index (χ2v) is 10.8. The molecule has 0 saturated heterocycles. The van der Waals surface area contributed by atoms with Crippen LogP contribution in [0.1, 0.15) is 56.9 Å². The van der Waals surface area contributed by atoms with Crippen molar-refractivity contribution in [2.75, 3.05) is 0 Å². The molecule has 4 nitrogen and oxygen atoms in total.